The first-order valence-electron chi connectivity index (χ1n) is 5.34. The Bertz CT molecular complexity index is 636. The smallest absolute Gasteiger partial charge is 0.219 e. The lowest BCUT2D eigenvalue weighted by atomic mass is 10.2. The molecule has 0 aliphatic carbocycles. The fourth-order valence-corrected chi connectivity index (χ4v) is 3.82. The summed E-state index contributed by atoms with van der Waals surface area (Å²) in [5.74, 6) is -0.421. The van der Waals surface area contributed by atoms with E-state index in [0.29, 0.717) is 0 Å². The van der Waals surface area contributed by atoms with Gasteiger partial charge in [0.1, 0.15) is 6.54 Å². The van der Waals surface area contributed by atoms with Crippen molar-refractivity contribution in [1.29, 1.82) is 5.26 Å². The third kappa shape index (κ3) is 4.58. The highest BCUT2D eigenvalue weighted by molar-refractivity contribution is 7.88. The van der Waals surface area contributed by atoms with Gasteiger partial charge in [-0.25, -0.2) is 8.42 Å². The van der Waals surface area contributed by atoms with E-state index in [9.17, 15) is 8.42 Å². The van der Waals surface area contributed by atoms with Crippen molar-refractivity contribution in [3.8, 4) is 6.07 Å². The summed E-state index contributed by atoms with van der Waals surface area (Å²) in [6.07, 6.45) is 0. The summed E-state index contributed by atoms with van der Waals surface area (Å²) < 4.78 is 25.4. The van der Waals surface area contributed by atoms with E-state index in [0.717, 1.165) is 4.31 Å². The standard InChI is InChI=1S/C11H11Cl2N3O2S2/c12-9-2-1-3-10(13)8(9)7-20(17,18)16(5-4-14)6-11(15)19/h1-3H,5-7H2,(H2,15,19). The minimum absolute atomic E-state index is 0.0194. The zero-order valence-electron chi connectivity index (χ0n) is 10.2. The molecule has 0 fully saturated rings. The van der Waals surface area contributed by atoms with Gasteiger partial charge >= 0.3 is 0 Å². The molecule has 0 atom stereocenters. The van der Waals surface area contributed by atoms with E-state index in [1.54, 1.807) is 24.3 Å². The molecule has 0 amide bonds. The number of nitrogens with two attached hydrogens (primary N) is 1. The molecule has 0 aliphatic rings. The molecule has 108 valence electrons. The number of sulfonamides is 1. The van der Waals surface area contributed by atoms with E-state index in [4.69, 9.17) is 34.2 Å². The van der Waals surface area contributed by atoms with Gasteiger partial charge in [-0.05, 0) is 12.1 Å². The zero-order valence-corrected chi connectivity index (χ0v) is 13.4. The molecule has 20 heavy (non-hydrogen) atoms. The van der Waals surface area contributed by atoms with Crippen LogP contribution < -0.4 is 5.73 Å². The molecular formula is C11H11Cl2N3O2S2. The molecule has 0 bridgehead atoms. The van der Waals surface area contributed by atoms with Gasteiger partial charge in [0.2, 0.25) is 10.0 Å². The highest BCUT2D eigenvalue weighted by Crippen LogP contribution is 2.27. The van der Waals surface area contributed by atoms with Crippen molar-refractivity contribution < 1.29 is 8.42 Å². The van der Waals surface area contributed by atoms with Crippen LogP contribution in [0.1, 0.15) is 5.56 Å². The van der Waals surface area contributed by atoms with Crippen molar-refractivity contribution in [3.63, 3.8) is 0 Å². The van der Waals surface area contributed by atoms with Gasteiger partial charge in [-0.2, -0.15) is 9.57 Å². The van der Waals surface area contributed by atoms with Crippen molar-refractivity contribution in [2.24, 2.45) is 5.73 Å². The lowest BCUT2D eigenvalue weighted by Crippen LogP contribution is -2.38. The van der Waals surface area contributed by atoms with Gasteiger partial charge < -0.3 is 5.73 Å². The number of rotatable bonds is 6. The fraction of sp³-hybridized carbons (Fsp3) is 0.273. The molecule has 0 saturated carbocycles. The summed E-state index contributed by atoms with van der Waals surface area (Å²) in [5, 5.41) is 9.18. The van der Waals surface area contributed by atoms with Crippen LogP contribution in [0, 0.1) is 11.3 Å². The number of halogens is 2. The van der Waals surface area contributed by atoms with E-state index >= 15 is 0 Å². The highest BCUT2D eigenvalue weighted by Gasteiger charge is 2.25. The quantitative estimate of drug-likeness (QED) is 0.624. The second-order valence-electron chi connectivity index (χ2n) is 3.85. The Labute approximate surface area is 132 Å². The highest BCUT2D eigenvalue weighted by atomic mass is 35.5. The molecule has 1 aromatic rings. The number of hydrogen-bond donors (Lipinski definition) is 1. The van der Waals surface area contributed by atoms with Gasteiger partial charge in [-0.15, -0.1) is 0 Å². The maximum Gasteiger partial charge on any atom is 0.219 e. The van der Waals surface area contributed by atoms with Crippen molar-refractivity contribution in [2.75, 3.05) is 13.1 Å². The largest absolute Gasteiger partial charge is 0.392 e. The van der Waals surface area contributed by atoms with Gasteiger partial charge in [0.05, 0.1) is 23.4 Å². The third-order valence-corrected chi connectivity index (χ3v) is 4.90. The number of thiocarbonyl (C=S) groups is 1. The Kier molecular flexibility index (Phi) is 6.17. The van der Waals surface area contributed by atoms with Crippen molar-refractivity contribution in [3.05, 3.63) is 33.8 Å². The predicted molar refractivity (Wildman–Crippen MR) is 83.1 cm³/mol. The molecule has 0 heterocycles. The Morgan fingerprint density at radius 1 is 1.40 bits per heavy atom. The van der Waals surface area contributed by atoms with E-state index in [1.165, 1.54) is 0 Å². The van der Waals surface area contributed by atoms with Crippen LogP contribution in [0.4, 0.5) is 0 Å². The summed E-state index contributed by atoms with van der Waals surface area (Å²) in [7, 11) is -3.80. The average molecular weight is 352 g/mol. The maximum atomic E-state index is 12.3. The minimum atomic E-state index is -3.80. The predicted octanol–water partition coefficient (Wildman–Crippen LogP) is 1.93. The Morgan fingerprint density at radius 2 is 1.95 bits per heavy atom. The maximum absolute atomic E-state index is 12.3. The van der Waals surface area contributed by atoms with Crippen LogP contribution in [0.3, 0.4) is 0 Å². The molecule has 0 aromatic heterocycles. The Balaban J connectivity index is 3.09. The first-order chi connectivity index (χ1) is 9.27. The zero-order chi connectivity index (χ0) is 15.3. The molecule has 1 rings (SSSR count). The summed E-state index contributed by atoms with van der Waals surface area (Å²) in [5.41, 5.74) is 5.62. The van der Waals surface area contributed by atoms with Gasteiger partial charge in [0.25, 0.3) is 0 Å². The molecular weight excluding hydrogens is 341 g/mol. The number of benzene rings is 1. The van der Waals surface area contributed by atoms with Crippen LogP contribution in [-0.4, -0.2) is 30.8 Å². The van der Waals surface area contributed by atoms with Crippen LogP contribution >= 0.6 is 35.4 Å². The van der Waals surface area contributed by atoms with Crippen LogP contribution in [0.5, 0.6) is 0 Å². The van der Waals surface area contributed by atoms with E-state index < -0.39 is 15.8 Å². The van der Waals surface area contributed by atoms with E-state index in [1.807, 2.05) is 0 Å². The first-order valence-corrected chi connectivity index (χ1v) is 8.11. The Morgan fingerprint density at radius 3 is 2.40 bits per heavy atom. The number of nitrogens with zero attached hydrogens (tertiary/aromatic N) is 2. The average Bonchev–Trinajstić information content (AvgIpc) is 2.33. The molecule has 0 saturated heterocycles. The second-order valence-corrected chi connectivity index (χ2v) is 7.16. The van der Waals surface area contributed by atoms with Gasteiger partial charge in [0.15, 0.2) is 0 Å². The number of hydrogen-bond acceptors (Lipinski definition) is 4. The minimum Gasteiger partial charge on any atom is -0.392 e. The normalized spacial score (nSPS) is 11.3. The van der Waals surface area contributed by atoms with Gasteiger partial charge in [-0.3, -0.25) is 0 Å². The summed E-state index contributed by atoms with van der Waals surface area (Å²) in [4.78, 5) is -0.0194. The van der Waals surface area contributed by atoms with Crippen molar-refractivity contribution >= 4 is 50.4 Å². The van der Waals surface area contributed by atoms with Crippen LogP contribution in [0.25, 0.3) is 0 Å². The molecule has 9 heteroatoms. The van der Waals surface area contributed by atoms with Gasteiger partial charge in [-0.1, -0.05) is 41.5 Å². The fourth-order valence-electron chi connectivity index (χ4n) is 1.45. The molecule has 0 radical (unpaired) electrons. The van der Waals surface area contributed by atoms with Crippen molar-refractivity contribution in [1.82, 2.24) is 4.31 Å². The summed E-state index contributed by atoms with van der Waals surface area (Å²) in [6, 6.07) is 6.46. The Hall–Kier alpha value is -0.910. The first kappa shape index (κ1) is 17.1. The SMILES string of the molecule is N#CCN(CC(N)=S)S(=O)(=O)Cc1c(Cl)cccc1Cl. The monoisotopic (exact) mass is 351 g/mol. The molecule has 2 N–H and O–H groups in total. The topological polar surface area (TPSA) is 87.2 Å². The molecule has 5 nitrogen and oxygen atoms in total. The van der Waals surface area contributed by atoms with Crippen LogP contribution in [0.15, 0.2) is 18.2 Å². The van der Waals surface area contributed by atoms with E-state index in [2.05, 4.69) is 12.2 Å². The summed E-state index contributed by atoms with van der Waals surface area (Å²) >= 11 is 16.6. The van der Waals surface area contributed by atoms with Gasteiger partial charge in [0, 0.05) is 15.6 Å². The van der Waals surface area contributed by atoms with Crippen LogP contribution in [-0.2, 0) is 15.8 Å². The molecule has 0 spiro atoms. The molecule has 1 aromatic carbocycles. The lowest BCUT2D eigenvalue weighted by Gasteiger charge is -2.19. The lowest BCUT2D eigenvalue weighted by molar-refractivity contribution is 0.483. The molecule has 0 unspecified atom stereocenters. The third-order valence-electron chi connectivity index (χ3n) is 2.36. The van der Waals surface area contributed by atoms with Crippen molar-refractivity contribution in [2.45, 2.75) is 5.75 Å². The van der Waals surface area contributed by atoms with E-state index in [-0.39, 0.29) is 33.7 Å². The molecule has 0 aliphatic heterocycles. The second kappa shape index (κ2) is 7.20. The number of nitriles is 1. The summed E-state index contributed by atoms with van der Waals surface area (Å²) in [6.45, 7) is -0.547. The van der Waals surface area contributed by atoms with Crippen LogP contribution in [0.2, 0.25) is 10.0 Å².